The van der Waals surface area contributed by atoms with Crippen LogP contribution in [0.15, 0.2) is 81.4 Å². The van der Waals surface area contributed by atoms with Crippen molar-refractivity contribution >= 4 is 40.4 Å². The van der Waals surface area contributed by atoms with Crippen LogP contribution in [0.2, 0.25) is 0 Å². The number of fused-ring (bicyclic) bond motifs is 1. The molecular formula is C28H24N2O5S2. The van der Waals surface area contributed by atoms with Crippen molar-refractivity contribution in [3.8, 4) is 11.5 Å². The third kappa shape index (κ3) is 4.63. The average molecular weight is 533 g/mol. The number of thiophene rings is 1. The zero-order valence-corrected chi connectivity index (χ0v) is 22.1. The molecule has 1 atom stereocenters. The number of hydrogen-bond acceptors (Lipinski definition) is 8. The molecule has 7 nitrogen and oxygen atoms in total. The Labute approximate surface area is 221 Å². The van der Waals surface area contributed by atoms with Crippen LogP contribution in [0, 0.1) is 0 Å². The average Bonchev–Trinajstić information content (AvgIpc) is 3.55. The molecule has 1 aliphatic rings. The molecule has 0 spiro atoms. The zero-order chi connectivity index (χ0) is 25.9. The Balaban J connectivity index is 1.85. The van der Waals surface area contributed by atoms with E-state index >= 15 is 0 Å². The van der Waals surface area contributed by atoms with Crippen LogP contribution in [-0.4, -0.2) is 31.4 Å². The summed E-state index contributed by atoms with van der Waals surface area (Å²) in [5, 5.41) is 1.96. The number of carbonyl (C=O) groups is 1. The van der Waals surface area contributed by atoms with Crippen molar-refractivity contribution in [2.45, 2.75) is 13.0 Å². The second kappa shape index (κ2) is 10.6. The molecule has 0 bridgehead atoms. The molecule has 1 aliphatic heterocycles. The molecule has 2 aromatic heterocycles. The van der Waals surface area contributed by atoms with E-state index in [0.717, 1.165) is 10.4 Å². The van der Waals surface area contributed by atoms with Crippen molar-refractivity contribution in [2.24, 2.45) is 4.99 Å². The van der Waals surface area contributed by atoms with E-state index in [-0.39, 0.29) is 17.7 Å². The first-order chi connectivity index (χ1) is 18.0. The number of methoxy groups -OCH3 is 2. The zero-order valence-electron chi connectivity index (χ0n) is 20.5. The summed E-state index contributed by atoms with van der Waals surface area (Å²) in [5.41, 5.74) is 1.96. The van der Waals surface area contributed by atoms with Gasteiger partial charge in [0.1, 0.15) is 0 Å². The molecule has 0 fully saturated rings. The van der Waals surface area contributed by atoms with Gasteiger partial charge in [0.25, 0.3) is 5.56 Å². The molecule has 5 rings (SSSR count). The van der Waals surface area contributed by atoms with E-state index in [1.807, 2.05) is 60.0 Å². The summed E-state index contributed by atoms with van der Waals surface area (Å²) >= 11 is 2.84. The van der Waals surface area contributed by atoms with E-state index < -0.39 is 12.0 Å². The fraction of sp³-hybridized carbons (Fsp3) is 0.179. The number of rotatable bonds is 7. The van der Waals surface area contributed by atoms with Crippen molar-refractivity contribution in [2.75, 3.05) is 20.8 Å². The smallest absolute Gasteiger partial charge is 0.338 e. The first-order valence-corrected chi connectivity index (χ1v) is 13.3. The molecule has 0 unspecified atom stereocenters. The monoisotopic (exact) mass is 532 g/mol. The third-order valence-corrected chi connectivity index (χ3v) is 7.72. The van der Waals surface area contributed by atoms with Gasteiger partial charge in [-0.25, -0.2) is 9.79 Å². The van der Waals surface area contributed by atoms with Gasteiger partial charge in [0, 0.05) is 10.4 Å². The summed E-state index contributed by atoms with van der Waals surface area (Å²) < 4.78 is 18.6. The van der Waals surface area contributed by atoms with Crippen molar-refractivity contribution in [1.29, 1.82) is 0 Å². The first kappa shape index (κ1) is 24.7. The summed E-state index contributed by atoms with van der Waals surface area (Å²) in [6, 6.07) is 17.9. The minimum absolute atomic E-state index is 0.186. The number of nitrogens with zero attached hydrogens (tertiary/aromatic N) is 2. The van der Waals surface area contributed by atoms with Gasteiger partial charge in [-0.05, 0) is 42.1 Å². The van der Waals surface area contributed by atoms with Crippen molar-refractivity contribution < 1.29 is 19.0 Å². The van der Waals surface area contributed by atoms with Gasteiger partial charge in [0.2, 0.25) is 0 Å². The van der Waals surface area contributed by atoms with Crippen LogP contribution >= 0.6 is 22.7 Å². The maximum Gasteiger partial charge on any atom is 0.338 e. The standard InChI is InChI=1S/C28H24N2O5S2/c1-4-35-27(32)23-24(17-9-6-5-7-10-17)29-28-30(26(31)22(37-28)16-19-11-8-14-36-19)25(23)18-12-13-20(33-2)21(15-18)34-3/h5-16,25H,4H2,1-3H3/b22-16-/t25-/m1/s1. The van der Waals surface area contributed by atoms with Crippen molar-refractivity contribution in [3.63, 3.8) is 0 Å². The highest BCUT2D eigenvalue weighted by Gasteiger charge is 2.35. The molecule has 0 radical (unpaired) electrons. The fourth-order valence-corrected chi connectivity index (χ4v) is 6.01. The molecular weight excluding hydrogens is 508 g/mol. The lowest BCUT2D eigenvalue weighted by molar-refractivity contribution is -0.138. The van der Waals surface area contributed by atoms with Crippen molar-refractivity contribution in [1.82, 2.24) is 4.57 Å². The molecule has 0 aliphatic carbocycles. The number of benzene rings is 2. The molecule has 0 N–H and O–H groups in total. The fourth-order valence-electron chi connectivity index (χ4n) is 4.28. The highest BCUT2D eigenvalue weighted by Crippen LogP contribution is 2.38. The molecule has 188 valence electrons. The molecule has 3 heterocycles. The minimum atomic E-state index is -0.782. The number of esters is 1. The summed E-state index contributed by atoms with van der Waals surface area (Å²) in [7, 11) is 3.11. The topological polar surface area (TPSA) is 79.1 Å². The molecule has 37 heavy (non-hydrogen) atoms. The lowest BCUT2D eigenvalue weighted by Crippen LogP contribution is -2.40. The number of thiazole rings is 1. The normalized spacial score (nSPS) is 15.2. The number of ether oxygens (including phenoxy) is 3. The van der Waals surface area contributed by atoms with Gasteiger partial charge in [-0.15, -0.1) is 11.3 Å². The SMILES string of the molecule is CCOC(=O)C1=C(c2ccccc2)N=c2s/c(=C\c3cccs3)c(=O)n2[C@@H]1c1ccc(OC)c(OC)c1. The van der Waals surface area contributed by atoms with Gasteiger partial charge in [-0.3, -0.25) is 9.36 Å². The molecule has 0 saturated heterocycles. The second-order valence-electron chi connectivity index (χ2n) is 8.06. The summed E-state index contributed by atoms with van der Waals surface area (Å²) in [5.74, 6) is 0.501. The predicted molar refractivity (Wildman–Crippen MR) is 145 cm³/mol. The van der Waals surface area contributed by atoms with Gasteiger partial charge in [0.05, 0.1) is 42.7 Å². The van der Waals surface area contributed by atoms with Gasteiger partial charge < -0.3 is 14.2 Å². The van der Waals surface area contributed by atoms with Crippen LogP contribution in [-0.2, 0) is 9.53 Å². The van der Waals surface area contributed by atoms with Gasteiger partial charge >= 0.3 is 5.97 Å². The number of aromatic nitrogens is 1. The maximum atomic E-state index is 13.8. The summed E-state index contributed by atoms with van der Waals surface area (Å²) in [6.07, 6.45) is 1.86. The second-order valence-corrected chi connectivity index (χ2v) is 10.0. The maximum absolute atomic E-state index is 13.8. The van der Waals surface area contributed by atoms with Crippen LogP contribution < -0.4 is 24.4 Å². The minimum Gasteiger partial charge on any atom is -0.493 e. The van der Waals surface area contributed by atoms with Crippen LogP contribution in [0.5, 0.6) is 11.5 Å². The molecule has 9 heteroatoms. The van der Waals surface area contributed by atoms with Gasteiger partial charge in [-0.2, -0.15) is 0 Å². The molecule has 2 aromatic carbocycles. The molecule has 0 saturated carbocycles. The lowest BCUT2D eigenvalue weighted by Gasteiger charge is -2.26. The van der Waals surface area contributed by atoms with Crippen molar-refractivity contribution in [3.05, 3.63) is 107 Å². The highest BCUT2D eigenvalue weighted by atomic mass is 32.1. The highest BCUT2D eigenvalue weighted by molar-refractivity contribution is 7.11. The quantitative estimate of drug-likeness (QED) is 0.336. The third-order valence-electron chi connectivity index (χ3n) is 5.91. The molecule has 4 aromatic rings. The van der Waals surface area contributed by atoms with Crippen LogP contribution in [0.1, 0.15) is 29.0 Å². The van der Waals surface area contributed by atoms with Crippen LogP contribution in [0.4, 0.5) is 0 Å². The van der Waals surface area contributed by atoms with E-state index in [1.54, 1.807) is 49.2 Å². The van der Waals surface area contributed by atoms with Gasteiger partial charge in [-0.1, -0.05) is 53.8 Å². The van der Waals surface area contributed by atoms with Crippen LogP contribution in [0.25, 0.3) is 11.8 Å². The van der Waals surface area contributed by atoms with E-state index in [1.165, 1.54) is 11.3 Å². The van der Waals surface area contributed by atoms with E-state index in [9.17, 15) is 9.59 Å². The predicted octanol–water partition coefficient (Wildman–Crippen LogP) is 4.01. The number of hydrogen-bond donors (Lipinski definition) is 0. The summed E-state index contributed by atoms with van der Waals surface area (Å²) in [4.78, 5) is 33.6. The number of carbonyl (C=O) groups excluding carboxylic acids is 1. The van der Waals surface area contributed by atoms with Gasteiger partial charge in [0.15, 0.2) is 16.3 Å². The Morgan fingerprint density at radius 2 is 1.84 bits per heavy atom. The van der Waals surface area contributed by atoms with Crippen LogP contribution in [0.3, 0.4) is 0 Å². The Bertz CT molecular complexity index is 1650. The summed E-state index contributed by atoms with van der Waals surface area (Å²) in [6.45, 7) is 1.94. The lowest BCUT2D eigenvalue weighted by atomic mass is 9.93. The largest absolute Gasteiger partial charge is 0.493 e. The first-order valence-electron chi connectivity index (χ1n) is 11.6. The van der Waals surface area contributed by atoms with E-state index in [0.29, 0.717) is 32.1 Å². The Hall–Kier alpha value is -3.95. The Morgan fingerprint density at radius 1 is 1.05 bits per heavy atom. The van der Waals surface area contributed by atoms with E-state index in [2.05, 4.69) is 0 Å². The van der Waals surface area contributed by atoms with E-state index in [4.69, 9.17) is 19.2 Å². The molecule has 0 amide bonds. The Morgan fingerprint density at radius 3 is 2.51 bits per heavy atom. The Kier molecular flexibility index (Phi) is 7.07.